The van der Waals surface area contributed by atoms with E-state index in [1.165, 1.54) is 19.2 Å². The van der Waals surface area contributed by atoms with Crippen LogP contribution < -0.4 is 15.2 Å². The number of benzene rings is 2. The number of hydrogen-bond acceptors (Lipinski definition) is 4. The molecule has 0 saturated carbocycles. The molecule has 0 radical (unpaired) electrons. The van der Waals surface area contributed by atoms with Gasteiger partial charge in [0.1, 0.15) is 10.6 Å². The Labute approximate surface area is 151 Å². The zero-order chi connectivity index (χ0) is 18.7. The smallest absolute Gasteiger partial charge is 0.255 e. The predicted molar refractivity (Wildman–Crippen MR) is 98.1 cm³/mol. The zero-order valence-corrected chi connectivity index (χ0v) is 14.7. The van der Waals surface area contributed by atoms with E-state index in [1.54, 1.807) is 18.2 Å². The topological polar surface area (TPSA) is 103 Å². The highest BCUT2D eigenvalue weighted by molar-refractivity contribution is 7.89. The van der Waals surface area contributed by atoms with Crippen LogP contribution >= 0.6 is 0 Å². The van der Waals surface area contributed by atoms with Crippen molar-refractivity contribution in [1.82, 2.24) is 4.57 Å². The highest BCUT2D eigenvalue weighted by Gasteiger charge is 2.16. The summed E-state index contributed by atoms with van der Waals surface area (Å²) in [5, 5.41) is 7.84. The first-order chi connectivity index (χ1) is 12.4. The van der Waals surface area contributed by atoms with Crippen LogP contribution in [0.2, 0.25) is 0 Å². The van der Waals surface area contributed by atoms with Gasteiger partial charge in [-0.05, 0) is 54.6 Å². The quantitative estimate of drug-likeness (QED) is 0.718. The molecule has 0 atom stereocenters. The molecule has 0 aliphatic rings. The molecule has 8 heteroatoms. The molecule has 2 aromatic carbocycles. The summed E-state index contributed by atoms with van der Waals surface area (Å²) in [5.74, 6) is -0.254. The number of amides is 1. The summed E-state index contributed by atoms with van der Waals surface area (Å²) in [6.07, 6.45) is 3.81. The summed E-state index contributed by atoms with van der Waals surface area (Å²) in [6.45, 7) is 0. The van der Waals surface area contributed by atoms with Crippen molar-refractivity contribution in [2.45, 2.75) is 4.90 Å². The number of rotatable bonds is 5. The molecule has 3 N–H and O–H groups in total. The molecule has 26 heavy (non-hydrogen) atoms. The van der Waals surface area contributed by atoms with Crippen molar-refractivity contribution in [2.24, 2.45) is 5.14 Å². The van der Waals surface area contributed by atoms with Crippen LogP contribution in [0.25, 0.3) is 5.69 Å². The van der Waals surface area contributed by atoms with Crippen molar-refractivity contribution in [3.63, 3.8) is 0 Å². The van der Waals surface area contributed by atoms with Crippen molar-refractivity contribution in [2.75, 3.05) is 12.4 Å². The molecule has 0 unspecified atom stereocenters. The molecule has 3 rings (SSSR count). The van der Waals surface area contributed by atoms with Crippen LogP contribution in [0.5, 0.6) is 5.75 Å². The number of hydrogen-bond donors (Lipinski definition) is 2. The first-order valence-corrected chi connectivity index (χ1v) is 9.19. The van der Waals surface area contributed by atoms with E-state index < -0.39 is 10.0 Å². The first kappa shape index (κ1) is 17.7. The van der Waals surface area contributed by atoms with Crippen molar-refractivity contribution in [1.29, 1.82) is 0 Å². The number of primary sulfonamides is 1. The maximum Gasteiger partial charge on any atom is 0.255 e. The van der Waals surface area contributed by atoms with Gasteiger partial charge in [0.05, 0.1) is 7.11 Å². The predicted octanol–water partition coefficient (Wildman–Crippen LogP) is 2.39. The fourth-order valence-corrected chi connectivity index (χ4v) is 3.19. The minimum absolute atomic E-state index is 0.113. The summed E-state index contributed by atoms with van der Waals surface area (Å²) >= 11 is 0. The lowest BCUT2D eigenvalue weighted by atomic mass is 10.2. The number of anilines is 1. The Morgan fingerprint density at radius 1 is 1.08 bits per heavy atom. The second-order valence-corrected chi connectivity index (χ2v) is 7.03. The van der Waals surface area contributed by atoms with E-state index in [2.05, 4.69) is 5.32 Å². The zero-order valence-electron chi connectivity index (χ0n) is 13.9. The third-order valence-electron chi connectivity index (χ3n) is 3.76. The molecule has 0 aliphatic heterocycles. The summed E-state index contributed by atoms with van der Waals surface area (Å²) in [4.78, 5) is 12.2. The van der Waals surface area contributed by atoms with Gasteiger partial charge in [-0.3, -0.25) is 4.79 Å². The Kier molecular flexibility index (Phi) is 4.79. The van der Waals surface area contributed by atoms with Gasteiger partial charge in [0.25, 0.3) is 5.91 Å². The van der Waals surface area contributed by atoms with Gasteiger partial charge in [0, 0.05) is 29.3 Å². The summed E-state index contributed by atoms with van der Waals surface area (Å²) in [5.41, 5.74) is 1.66. The second-order valence-electron chi connectivity index (χ2n) is 5.50. The van der Waals surface area contributed by atoms with Crippen LogP contribution in [-0.2, 0) is 10.0 Å². The van der Waals surface area contributed by atoms with Gasteiger partial charge >= 0.3 is 0 Å². The standard InChI is InChI=1S/C18H17N3O4S/c1-25-16-9-6-14(12-17(16)26(19,23)24)20-18(22)13-4-7-15(8-5-13)21-10-2-3-11-21/h2-12H,1H3,(H,20,22)(H2,19,23,24). The second kappa shape index (κ2) is 7.03. The van der Waals surface area contributed by atoms with Crippen LogP contribution in [0.15, 0.2) is 71.9 Å². The summed E-state index contributed by atoms with van der Waals surface area (Å²) in [7, 11) is -2.64. The molecule has 1 heterocycles. The number of carbonyl (C=O) groups is 1. The van der Waals surface area contributed by atoms with Crippen LogP contribution in [0.4, 0.5) is 5.69 Å². The van der Waals surface area contributed by atoms with E-state index in [0.29, 0.717) is 11.3 Å². The molecule has 3 aromatic rings. The third kappa shape index (κ3) is 3.76. The molecule has 0 aliphatic carbocycles. The number of nitrogens with zero attached hydrogens (tertiary/aromatic N) is 1. The number of ether oxygens (including phenoxy) is 1. The highest BCUT2D eigenvalue weighted by atomic mass is 32.2. The van der Waals surface area contributed by atoms with Gasteiger partial charge < -0.3 is 14.6 Å². The molecular formula is C18H17N3O4S. The maximum atomic E-state index is 12.4. The van der Waals surface area contributed by atoms with Crippen molar-refractivity contribution in [3.05, 3.63) is 72.6 Å². The van der Waals surface area contributed by atoms with Crippen molar-refractivity contribution < 1.29 is 17.9 Å². The van der Waals surface area contributed by atoms with Gasteiger partial charge in [0.15, 0.2) is 0 Å². The van der Waals surface area contributed by atoms with E-state index in [-0.39, 0.29) is 16.6 Å². The highest BCUT2D eigenvalue weighted by Crippen LogP contribution is 2.26. The van der Waals surface area contributed by atoms with E-state index >= 15 is 0 Å². The van der Waals surface area contributed by atoms with Crippen LogP contribution in [-0.4, -0.2) is 26.0 Å². The molecule has 1 amide bonds. The number of methoxy groups -OCH3 is 1. The molecule has 0 spiro atoms. The van der Waals surface area contributed by atoms with E-state index in [9.17, 15) is 13.2 Å². The number of nitrogens with one attached hydrogen (secondary N) is 1. The fourth-order valence-electron chi connectivity index (χ4n) is 2.47. The van der Waals surface area contributed by atoms with Gasteiger partial charge in [-0.15, -0.1) is 0 Å². The SMILES string of the molecule is COc1ccc(NC(=O)c2ccc(-n3cccc3)cc2)cc1S(N)(=O)=O. The molecular weight excluding hydrogens is 354 g/mol. The Hall–Kier alpha value is -3.10. The van der Waals surface area contributed by atoms with Crippen molar-refractivity contribution in [3.8, 4) is 11.4 Å². The Bertz CT molecular complexity index is 1030. The van der Waals surface area contributed by atoms with E-state index in [4.69, 9.17) is 9.88 Å². The van der Waals surface area contributed by atoms with E-state index in [0.717, 1.165) is 5.69 Å². The molecule has 134 valence electrons. The summed E-state index contributed by atoms with van der Waals surface area (Å²) < 4.78 is 30.2. The normalized spacial score (nSPS) is 11.2. The lowest BCUT2D eigenvalue weighted by Crippen LogP contribution is -2.16. The molecule has 0 saturated heterocycles. The molecule has 7 nitrogen and oxygen atoms in total. The number of carbonyl (C=O) groups excluding carboxylic acids is 1. The molecule has 0 bridgehead atoms. The minimum Gasteiger partial charge on any atom is -0.495 e. The molecule has 1 aromatic heterocycles. The van der Waals surface area contributed by atoms with Gasteiger partial charge in [-0.25, -0.2) is 13.6 Å². The maximum absolute atomic E-state index is 12.4. The lowest BCUT2D eigenvalue weighted by molar-refractivity contribution is 0.102. The Balaban J connectivity index is 1.82. The average Bonchev–Trinajstić information content (AvgIpc) is 3.15. The molecule has 0 fully saturated rings. The van der Waals surface area contributed by atoms with Gasteiger partial charge in [0.2, 0.25) is 10.0 Å². The Morgan fingerprint density at radius 2 is 1.73 bits per heavy atom. The monoisotopic (exact) mass is 371 g/mol. The number of nitrogens with two attached hydrogens (primary N) is 1. The summed E-state index contributed by atoms with van der Waals surface area (Å²) in [6, 6.07) is 15.1. The first-order valence-electron chi connectivity index (χ1n) is 7.64. The fraction of sp³-hybridized carbons (Fsp3) is 0.0556. The third-order valence-corrected chi connectivity index (χ3v) is 4.69. The number of sulfonamides is 1. The van der Waals surface area contributed by atoms with Crippen LogP contribution in [0.3, 0.4) is 0 Å². The lowest BCUT2D eigenvalue weighted by Gasteiger charge is -2.11. The van der Waals surface area contributed by atoms with E-state index in [1.807, 2.05) is 41.2 Å². The van der Waals surface area contributed by atoms with Crippen molar-refractivity contribution >= 4 is 21.6 Å². The largest absolute Gasteiger partial charge is 0.495 e. The van der Waals surface area contributed by atoms with Crippen LogP contribution in [0, 0.1) is 0 Å². The minimum atomic E-state index is -3.98. The average molecular weight is 371 g/mol. The Morgan fingerprint density at radius 3 is 2.31 bits per heavy atom. The van der Waals surface area contributed by atoms with Crippen LogP contribution in [0.1, 0.15) is 10.4 Å². The number of aromatic nitrogens is 1. The van der Waals surface area contributed by atoms with Gasteiger partial charge in [-0.1, -0.05) is 0 Å². The van der Waals surface area contributed by atoms with Gasteiger partial charge in [-0.2, -0.15) is 0 Å².